The first kappa shape index (κ1) is 20.7. The molecule has 2 unspecified atom stereocenters. The molecule has 2 bridgehead atoms. The molecule has 0 spiro atoms. The van der Waals surface area contributed by atoms with E-state index < -0.39 is 15.8 Å². The molecule has 1 fully saturated rings. The number of carbonyl (C=O) groups excluding carboxylic acids is 1. The van der Waals surface area contributed by atoms with Gasteiger partial charge in [0.25, 0.3) is 5.69 Å². The first-order chi connectivity index (χ1) is 16.2. The minimum Gasteiger partial charge on any atom is -0.426 e. The Balaban J connectivity index is 1.50. The van der Waals surface area contributed by atoms with Gasteiger partial charge in [-0.1, -0.05) is 51.1 Å². The molecule has 3 aromatic carbocycles. The zero-order chi connectivity index (χ0) is 23.9. The van der Waals surface area contributed by atoms with Crippen LogP contribution in [0.4, 0.5) is 5.69 Å². The molecule has 1 heterocycles. The molecule has 1 aromatic heterocycles. The fraction of sp³-hybridized carbons (Fsp3) is 0.296. The average Bonchev–Trinajstić information content (AvgIpc) is 3.12. The second-order valence-electron chi connectivity index (χ2n) is 10.1. The van der Waals surface area contributed by atoms with Crippen molar-refractivity contribution < 1.29 is 14.5 Å². The number of nitro groups is 1. The summed E-state index contributed by atoms with van der Waals surface area (Å²) in [5.74, 6) is 0.134. The van der Waals surface area contributed by atoms with Crippen molar-refractivity contribution in [3.8, 4) is 5.75 Å². The van der Waals surface area contributed by atoms with Crippen LogP contribution in [0, 0.1) is 15.5 Å². The number of fused-ring (bicyclic) bond motifs is 7. The number of aromatic nitrogens is 2. The topological polar surface area (TPSA) is 95.2 Å². The molecular weight excluding hydrogens is 430 g/mol. The smallest absolute Gasteiger partial charge is 0.324 e. The van der Waals surface area contributed by atoms with Gasteiger partial charge in [0.2, 0.25) is 0 Å². The summed E-state index contributed by atoms with van der Waals surface area (Å²) in [6.45, 7) is 6.30. The summed E-state index contributed by atoms with van der Waals surface area (Å²) >= 11 is 0. The van der Waals surface area contributed by atoms with E-state index in [1.165, 1.54) is 12.1 Å². The van der Waals surface area contributed by atoms with Gasteiger partial charge < -0.3 is 4.74 Å². The lowest BCUT2D eigenvalue weighted by molar-refractivity contribution is -0.384. The Labute approximate surface area is 195 Å². The normalized spacial score (nSPS) is 24.3. The van der Waals surface area contributed by atoms with Gasteiger partial charge in [0.1, 0.15) is 11.2 Å². The number of rotatable bonds is 3. The third kappa shape index (κ3) is 2.44. The number of non-ortho nitro benzene ring substituents is 1. The maximum atomic E-state index is 14.0. The molecule has 0 aliphatic heterocycles. The van der Waals surface area contributed by atoms with Gasteiger partial charge >= 0.3 is 5.97 Å². The summed E-state index contributed by atoms with van der Waals surface area (Å²) in [5.41, 5.74) is 0.473. The molecule has 170 valence electrons. The molecule has 0 radical (unpaired) electrons. The molecule has 2 aliphatic carbocycles. The van der Waals surface area contributed by atoms with Crippen LogP contribution in [0.25, 0.3) is 21.8 Å². The Bertz CT molecular complexity index is 1550. The van der Waals surface area contributed by atoms with E-state index in [0.29, 0.717) is 28.9 Å². The van der Waals surface area contributed by atoms with Gasteiger partial charge in [-0.3, -0.25) is 14.9 Å². The fourth-order valence-electron chi connectivity index (χ4n) is 6.08. The minimum absolute atomic E-state index is 0.0526. The maximum absolute atomic E-state index is 14.0. The van der Waals surface area contributed by atoms with Gasteiger partial charge in [-0.05, 0) is 47.2 Å². The number of benzene rings is 3. The predicted octanol–water partition coefficient (Wildman–Crippen LogP) is 5.63. The summed E-state index contributed by atoms with van der Waals surface area (Å²) in [5, 5.41) is 13.4. The Morgan fingerprint density at radius 2 is 1.65 bits per heavy atom. The first-order valence-corrected chi connectivity index (χ1v) is 11.4. The van der Waals surface area contributed by atoms with Gasteiger partial charge in [-0.25, -0.2) is 9.97 Å². The second kappa shape index (κ2) is 6.59. The third-order valence-electron chi connectivity index (χ3n) is 8.51. The number of hydrogen-bond acceptors (Lipinski definition) is 6. The van der Waals surface area contributed by atoms with Gasteiger partial charge in [-0.15, -0.1) is 0 Å². The Morgan fingerprint density at radius 1 is 0.912 bits per heavy atom. The Morgan fingerprint density at radius 3 is 2.41 bits per heavy atom. The highest BCUT2D eigenvalue weighted by Gasteiger charge is 2.74. The predicted molar refractivity (Wildman–Crippen MR) is 128 cm³/mol. The van der Waals surface area contributed by atoms with E-state index in [2.05, 4.69) is 20.8 Å². The van der Waals surface area contributed by atoms with Crippen LogP contribution in [-0.2, 0) is 15.6 Å². The summed E-state index contributed by atoms with van der Waals surface area (Å²) in [7, 11) is 0. The van der Waals surface area contributed by atoms with Crippen LogP contribution in [0.2, 0.25) is 0 Å². The van der Waals surface area contributed by atoms with Crippen LogP contribution >= 0.6 is 0 Å². The highest BCUT2D eigenvalue weighted by Crippen LogP contribution is 2.70. The summed E-state index contributed by atoms with van der Waals surface area (Å²) in [6, 6.07) is 18.0. The van der Waals surface area contributed by atoms with E-state index >= 15 is 0 Å². The van der Waals surface area contributed by atoms with Gasteiger partial charge in [0.15, 0.2) is 0 Å². The lowest BCUT2D eigenvalue weighted by Gasteiger charge is -2.38. The number of ether oxygens (including phenoxy) is 1. The molecule has 7 nitrogen and oxygen atoms in total. The van der Waals surface area contributed by atoms with E-state index in [-0.39, 0.29) is 17.1 Å². The van der Waals surface area contributed by atoms with Crippen LogP contribution in [0.15, 0.2) is 60.7 Å². The molecule has 7 heteroatoms. The van der Waals surface area contributed by atoms with Gasteiger partial charge in [0.05, 0.1) is 27.3 Å². The zero-order valence-electron chi connectivity index (χ0n) is 19.2. The zero-order valence-corrected chi connectivity index (χ0v) is 19.2. The van der Waals surface area contributed by atoms with Crippen molar-refractivity contribution in [2.24, 2.45) is 5.41 Å². The summed E-state index contributed by atoms with van der Waals surface area (Å²) in [6.07, 6.45) is 1.37. The van der Waals surface area contributed by atoms with Crippen LogP contribution in [0.1, 0.15) is 45.0 Å². The highest BCUT2D eigenvalue weighted by molar-refractivity contribution is 5.92. The van der Waals surface area contributed by atoms with E-state index in [1.807, 2.05) is 42.5 Å². The van der Waals surface area contributed by atoms with Gasteiger partial charge in [0, 0.05) is 17.5 Å². The fourth-order valence-corrected chi connectivity index (χ4v) is 6.08. The SMILES string of the molecule is CC12CCC(C(=O)Oc3ccc4ccccc4c3)(c3nc4cc([N+](=O)[O-])ccc4nc31)C2(C)C. The largest absolute Gasteiger partial charge is 0.426 e. The number of hydrogen-bond donors (Lipinski definition) is 0. The molecule has 2 aliphatic rings. The molecule has 34 heavy (non-hydrogen) atoms. The van der Waals surface area contributed by atoms with Crippen LogP contribution in [0.3, 0.4) is 0 Å². The lowest BCUT2D eigenvalue weighted by atomic mass is 9.64. The molecule has 1 saturated carbocycles. The molecule has 2 atom stereocenters. The van der Waals surface area contributed by atoms with Crippen molar-refractivity contribution in [2.75, 3.05) is 0 Å². The molecule has 4 aromatic rings. The number of carbonyl (C=O) groups is 1. The van der Waals surface area contributed by atoms with Crippen LogP contribution < -0.4 is 4.74 Å². The number of nitrogens with zero attached hydrogens (tertiary/aromatic N) is 3. The second-order valence-corrected chi connectivity index (χ2v) is 10.1. The van der Waals surface area contributed by atoms with E-state index in [4.69, 9.17) is 14.7 Å². The Hall–Kier alpha value is -3.87. The minimum atomic E-state index is -0.992. The number of esters is 1. The van der Waals surface area contributed by atoms with E-state index in [1.54, 1.807) is 6.07 Å². The van der Waals surface area contributed by atoms with E-state index in [0.717, 1.165) is 22.9 Å². The van der Waals surface area contributed by atoms with Crippen LogP contribution in [-0.4, -0.2) is 20.9 Å². The summed E-state index contributed by atoms with van der Waals surface area (Å²) < 4.78 is 6.02. The molecular formula is C27H23N3O4. The summed E-state index contributed by atoms with van der Waals surface area (Å²) in [4.78, 5) is 34.6. The Kier molecular flexibility index (Phi) is 4.02. The number of nitro benzene ring substituents is 1. The van der Waals surface area contributed by atoms with Crippen molar-refractivity contribution in [3.63, 3.8) is 0 Å². The van der Waals surface area contributed by atoms with Gasteiger partial charge in [-0.2, -0.15) is 0 Å². The monoisotopic (exact) mass is 453 g/mol. The van der Waals surface area contributed by atoms with Crippen molar-refractivity contribution in [2.45, 2.75) is 44.4 Å². The average molecular weight is 453 g/mol. The van der Waals surface area contributed by atoms with E-state index in [9.17, 15) is 14.9 Å². The molecule has 0 amide bonds. The van der Waals surface area contributed by atoms with Crippen molar-refractivity contribution in [1.82, 2.24) is 9.97 Å². The van der Waals surface area contributed by atoms with Crippen molar-refractivity contribution >= 4 is 33.5 Å². The molecule has 0 N–H and O–H groups in total. The van der Waals surface area contributed by atoms with Crippen molar-refractivity contribution in [1.29, 1.82) is 0 Å². The molecule has 0 saturated heterocycles. The first-order valence-electron chi connectivity index (χ1n) is 11.4. The molecule has 6 rings (SSSR count). The lowest BCUT2D eigenvalue weighted by Crippen LogP contribution is -2.48. The van der Waals surface area contributed by atoms with Crippen molar-refractivity contribution in [3.05, 3.63) is 82.2 Å². The maximum Gasteiger partial charge on any atom is 0.324 e. The van der Waals surface area contributed by atoms with Crippen LogP contribution in [0.5, 0.6) is 5.75 Å². The quantitative estimate of drug-likeness (QED) is 0.173. The standard InChI is InChI=1S/C27H23N3O4/c1-25(2)26(3)12-13-27(25,24(31)34-19-10-8-16-6-4-5-7-17(16)14-19)23-22(26)28-20-11-9-18(30(32)33)15-21(20)29-23/h4-11,14-15H,12-13H2,1-3H3. The third-order valence-corrected chi connectivity index (χ3v) is 8.51. The highest BCUT2D eigenvalue weighted by atomic mass is 16.6.